The van der Waals surface area contributed by atoms with E-state index in [1.54, 1.807) is 37.9 Å². The Labute approximate surface area is 176 Å². The summed E-state index contributed by atoms with van der Waals surface area (Å²) in [6.07, 6.45) is 0.770. The molecule has 2 aliphatic rings. The van der Waals surface area contributed by atoms with Gasteiger partial charge in [0.05, 0.1) is 0 Å². The molecule has 1 aromatic rings. The molecule has 2 aliphatic heterocycles. The van der Waals surface area contributed by atoms with E-state index < -0.39 is 12.8 Å². The van der Waals surface area contributed by atoms with Crippen LogP contribution in [0.1, 0.15) is 48.8 Å². The summed E-state index contributed by atoms with van der Waals surface area (Å²) in [4.78, 5) is 14.4. The Balaban J connectivity index is 0.00000300. The molecule has 1 N–H and O–H groups in total. The van der Waals surface area contributed by atoms with Crippen molar-refractivity contribution in [3.8, 4) is 5.75 Å². The second-order valence-corrected chi connectivity index (χ2v) is 8.39. The van der Waals surface area contributed by atoms with E-state index in [0.29, 0.717) is 42.1 Å². The lowest BCUT2D eigenvalue weighted by atomic mass is 9.89. The van der Waals surface area contributed by atoms with Crippen LogP contribution in [0.15, 0.2) is 12.1 Å². The van der Waals surface area contributed by atoms with Crippen LogP contribution in [0.3, 0.4) is 0 Å². The average molecular weight is 435 g/mol. The highest BCUT2D eigenvalue weighted by molar-refractivity contribution is 5.85. The zero-order valence-electron chi connectivity index (χ0n) is 17.1. The number of alkyl halides is 3. The molecule has 0 aromatic heterocycles. The monoisotopic (exact) mass is 434 g/mol. The van der Waals surface area contributed by atoms with Crippen molar-refractivity contribution in [2.45, 2.75) is 70.8 Å². The van der Waals surface area contributed by atoms with E-state index in [4.69, 9.17) is 4.74 Å². The fourth-order valence-corrected chi connectivity index (χ4v) is 4.62. The zero-order valence-corrected chi connectivity index (χ0v) is 18.0. The first-order chi connectivity index (χ1) is 13.1. The number of carbonyl (C=O) groups is 1. The maximum Gasteiger partial charge on any atom is 0.422 e. The van der Waals surface area contributed by atoms with Crippen molar-refractivity contribution < 1.29 is 22.7 Å². The zero-order chi connectivity index (χ0) is 20.5. The largest absolute Gasteiger partial charge is 0.484 e. The van der Waals surface area contributed by atoms with E-state index in [1.165, 1.54) is 12.8 Å². The molecule has 0 spiro atoms. The fourth-order valence-electron chi connectivity index (χ4n) is 4.62. The first-order valence-electron chi connectivity index (χ1n) is 9.90. The average Bonchev–Trinajstić information content (AvgIpc) is 2.91. The molecule has 0 aliphatic carbocycles. The maximum atomic E-state index is 12.7. The van der Waals surface area contributed by atoms with Gasteiger partial charge in [-0.1, -0.05) is 12.1 Å². The normalized spacial score (nSPS) is 23.4. The number of halogens is 4. The second-order valence-electron chi connectivity index (χ2n) is 8.39. The van der Waals surface area contributed by atoms with Gasteiger partial charge in [0, 0.05) is 32.1 Å². The van der Waals surface area contributed by atoms with E-state index in [9.17, 15) is 18.0 Å². The standard InChI is InChI=1S/C21H29F3N2O2.ClH/c1-13-6-16(7-14(2)20(13)28-12-21(22,23)24)11-26(3)19(27)10-15-8-17-4-5-18(9-15)25-17;/h6-7,15,17-18,25H,4-5,8-12H2,1-3H3;1H. The highest BCUT2D eigenvalue weighted by Gasteiger charge is 2.34. The number of benzene rings is 1. The minimum Gasteiger partial charge on any atom is -0.484 e. The molecular formula is C21H30ClF3N2O2. The first-order valence-corrected chi connectivity index (χ1v) is 9.90. The quantitative estimate of drug-likeness (QED) is 0.714. The van der Waals surface area contributed by atoms with Crippen molar-refractivity contribution >= 4 is 18.3 Å². The third kappa shape index (κ3) is 6.51. The van der Waals surface area contributed by atoms with Crippen LogP contribution in [0.2, 0.25) is 0 Å². The van der Waals surface area contributed by atoms with Crippen LogP contribution >= 0.6 is 12.4 Å². The molecule has 164 valence electrons. The van der Waals surface area contributed by atoms with E-state index >= 15 is 0 Å². The minimum absolute atomic E-state index is 0. The van der Waals surface area contributed by atoms with Crippen molar-refractivity contribution in [3.05, 3.63) is 28.8 Å². The number of amides is 1. The number of hydrogen-bond acceptors (Lipinski definition) is 3. The SMILES string of the molecule is Cc1cc(CN(C)C(=O)CC2CC3CCC(C2)N3)cc(C)c1OCC(F)(F)F.Cl. The number of aryl methyl sites for hydroxylation is 2. The first kappa shape index (κ1) is 23.8. The molecule has 3 rings (SSSR count). The van der Waals surface area contributed by atoms with Crippen molar-refractivity contribution in [2.24, 2.45) is 5.92 Å². The molecule has 1 amide bonds. The summed E-state index contributed by atoms with van der Waals surface area (Å²) >= 11 is 0. The third-order valence-corrected chi connectivity index (χ3v) is 5.78. The van der Waals surface area contributed by atoms with Gasteiger partial charge in [0.2, 0.25) is 5.91 Å². The van der Waals surface area contributed by atoms with Gasteiger partial charge in [-0.3, -0.25) is 4.79 Å². The molecule has 2 heterocycles. The van der Waals surface area contributed by atoms with Crippen LogP contribution < -0.4 is 10.1 Å². The molecule has 2 saturated heterocycles. The van der Waals surface area contributed by atoms with Gasteiger partial charge >= 0.3 is 6.18 Å². The molecule has 2 fully saturated rings. The van der Waals surface area contributed by atoms with Gasteiger partial charge in [0.15, 0.2) is 6.61 Å². The number of piperidine rings is 1. The molecule has 8 heteroatoms. The molecule has 0 radical (unpaired) electrons. The van der Waals surface area contributed by atoms with Crippen molar-refractivity contribution in [2.75, 3.05) is 13.7 Å². The highest BCUT2D eigenvalue weighted by Crippen LogP contribution is 2.33. The summed E-state index contributed by atoms with van der Waals surface area (Å²) in [5.41, 5.74) is 2.20. The van der Waals surface area contributed by atoms with Gasteiger partial charge < -0.3 is 15.0 Å². The lowest BCUT2D eigenvalue weighted by molar-refractivity contribution is -0.153. The highest BCUT2D eigenvalue weighted by atomic mass is 35.5. The van der Waals surface area contributed by atoms with Crippen LogP contribution in [0, 0.1) is 19.8 Å². The number of carbonyl (C=O) groups excluding carboxylic acids is 1. The molecule has 2 bridgehead atoms. The topological polar surface area (TPSA) is 41.6 Å². The summed E-state index contributed by atoms with van der Waals surface area (Å²) < 4.78 is 42.2. The van der Waals surface area contributed by atoms with Crippen LogP contribution in [0.5, 0.6) is 5.75 Å². The second kappa shape index (κ2) is 9.56. The summed E-state index contributed by atoms with van der Waals surface area (Å²) in [6.45, 7) is 2.60. The van der Waals surface area contributed by atoms with Gasteiger partial charge in [0.25, 0.3) is 0 Å². The van der Waals surface area contributed by atoms with Gasteiger partial charge in [-0.05, 0) is 62.1 Å². The molecular weight excluding hydrogens is 405 g/mol. The van der Waals surface area contributed by atoms with Gasteiger partial charge in [-0.2, -0.15) is 13.2 Å². The Morgan fingerprint density at radius 2 is 1.72 bits per heavy atom. The number of nitrogens with one attached hydrogen (secondary N) is 1. The van der Waals surface area contributed by atoms with Crippen LogP contribution in [-0.4, -0.2) is 42.7 Å². The van der Waals surface area contributed by atoms with E-state index in [2.05, 4.69) is 5.32 Å². The predicted octanol–water partition coefficient (Wildman–Crippen LogP) is 4.55. The Morgan fingerprint density at radius 3 is 2.24 bits per heavy atom. The predicted molar refractivity (Wildman–Crippen MR) is 108 cm³/mol. The van der Waals surface area contributed by atoms with Crippen molar-refractivity contribution in [1.82, 2.24) is 10.2 Å². The Kier molecular flexibility index (Phi) is 7.85. The van der Waals surface area contributed by atoms with Crippen molar-refractivity contribution in [3.63, 3.8) is 0 Å². The lowest BCUT2D eigenvalue weighted by Crippen LogP contribution is -2.39. The Hall–Kier alpha value is -1.47. The van der Waals surface area contributed by atoms with Gasteiger partial charge in [-0.25, -0.2) is 0 Å². The molecule has 0 saturated carbocycles. The molecule has 2 atom stereocenters. The molecule has 1 aromatic carbocycles. The summed E-state index contributed by atoms with van der Waals surface area (Å²) in [6, 6.07) is 4.73. The number of ether oxygens (including phenoxy) is 1. The number of nitrogens with zero attached hydrogens (tertiary/aromatic N) is 1. The smallest absolute Gasteiger partial charge is 0.422 e. The third-order valence-electron chi connectivity index (χ3n) is 5.78. The molecule has 29 heavy (non-hydrogen) atoms. The van der Waals surface area contributed by atoms with Gasteiger partial charge in [-0.15, -0.1) is 12.4 Å². The number of rotatable bonds is 6. The summed E-state index contributed by atoms with van der Waals surface area (Å²) in [7, 11) is 1.79. The van der Waals surface area contributed by atoms with Crippen LogP contribution in [0.25, 0.3) is 0 Å². The van der Waals surface area contributed by atoms with Gasteiger partial charge in [0.1, 0.15) is 5.75 Å². The number of hydrogen-bond donors (Lipinski definition) is 1. The lowest BCUT2D eigenvalue weighted by Gasteiger charge is -2.30. The Morgan fingerprint density at radius 1 is 1.17 bits per heavy atom. The van der Waals surface area contributed by atoms with Crippen molar-refractivity contribution in [1.29, 1.82) is 0 Å². The maximum absolute atomic E-state index is 12.7. The van der Waals surface area contributed by atoms with E-state index in [0.717, 1.165) is 18.4 Å². The summed E-state index contributed by atoms with van der Waals surface area (Å²) in [5.74, 6) is 0.828. The van der Waals surface area contributed by atoms with Crippen LogP contribution in [-0.2, 0) is 11.3 Å². The van der Waals surface area contributed by atoms with Crippen LogP contribution in [0.4, 0.5) is 13.2 Å². The number of fused-ring (bicyclic) bond motifs is 2. The van der Waals surface area contributed by atoms with E-state index in [1.807, 2.05) is 0 Å². The minimum atomic E-state index is -4.36. The summed E-state index contributed by atoms with van der Waals surface area (Å²) in [5, 5.41) is 3.59. The molecule has 4 nitrogen and oxygen atoms in total. The van der Waals surface area contributed by atoms with E-state index in [-0.39, 0.29) is 24.1 Å². The fraction of sp³-hybridized carbons (Fsp3) is 0.667. The Bertz CT molecular complexity index is 691. The molecule has 2 unspecified atom stereocenters.